The molecule has 0 bridgehead atoms. The standard InChI is InChI=1S/C18H18FNO3/c1-2-22-17-11-13(6-10-18(20)21)5-9-16(17)23-12-14-3-7-15(19)8-4-14/h3-11H,2,12H2,1H3,(H2,20,21)/b10-6+. The first-order valence-corrected chi connectivity index (χ1v) is 7.20. The van der Waals surface area contributed by atoms with Gasteiger partial charge in [0, 0.05) is 6.08 Å². The zero-order valence-electron chi connectivity index (χ0n) is 12.8. The van der Waals surface area contributed by atoms with Gasteiger partial charge in [0.25, 0.3) is 0 Å². The summed E-state index contributed by atoms with van der Waals surface area (Å²) in [5.74, 6) is 0.350. The van der Waals surface area contributed by atoms with Crippen LogP contribution in [0.2, 0.25) is 0 Å². The van der Waals surface area contributed by atoms with E-state index in [4.69, 9.17) is 15.2 Å². The number of benzene rings is 2. The van der Waals surface area contributed by atoms with Crippen LogP contribution in [0.4, 0.5) is 4.39 Å². The monoisotopic (exact) mass is 315 g/mol. The van der Waals surface area contributed by atoms with Crippen molar-refractivity contribution in [1.82, 2.24) is 0 Å². The molecule has 0 saturated carbocycles. The van der Waals surface area contributed by atoms with Gasteiger partial charge < -0.3 is 15.2 Å². The van der Waals surface area contributed by atoms with Crippen molar-refractivity contribution < 1.29 is 18.7 Å². The summed E-state index contributed by atoms with van der Waals surface area (Å²) < 4.78 is 24.2. The Hall–Kier alpha value is -2.82. The molecule has 120 valence electrons. The summed E-state index contributed by atoms with van der Waals surface area (Å²) in [4.78, 5) is 10.8. The van der Waals surface area contributed by atoms with Crippen molar-refractivity contribution in [2.45, 2.75) is 13.5 Å². The van der Waals surface area contributed by atoms with Crippen molar-refractivity contribution in [3.05, 3.63) is 65.5 Å². The maximum Gasteiger partial charge on any atom is 0.241 e. The number of rotatable bonds is 7. The highest BCUT2D eigenvalue weighted by atomic mass is 19.1. The van der Waals surface area contributed by atoms with E-state index in [1.54, 1.807) is 36.4 Å². The minimum absolute atomic E-state index is 0.283. The molecule has 0 saturated heterocycles. The van der Waals surface area contributed by atoms with Crippen LogP contribution in [0.15, 0.2) is 48.5 Å². The van der Waals surface area contributed by atoms with Gasteiger partial charge >= 0.3 is 0 Å². The molecule has 0 spiro atoms. The molecule has 2 N–H and O–H groups in total. The molecule has 0 aliphatic carbocycles. The van der Waals surface area contributed by atoms with Crippen LogP contribution in [0.1, 0.15) is 18.1 Å². The molecule has 0 unspecified atom stereocenters. The van der Waals surface area contributed by atoms with Crippen molar-refractivity contribution in [1.29, 1.82) is 0 Å². The van der Waals surface area contributed by atoms with E-state index < -0.39 is 5.91 Å². The Morgan fingerprint density at radius 2 is 1.87 bits per heavy atom. The van der Waals surface area contributed by atoms with Gasteiger partial charge in [0.05, 0.1) is 6.61 Å². The molecule has 2 aromatic rings. The molecule has 5 heteroatoms. The van der Waals surface area contributed by atoms with E-state index in [0.29, 0.717) is 24.7 Å². The molecule has 2 aromatic carbocycles. The van der Waals surface area contributed by atoms with Gasteiger partial charge in [0.15, 0.2) is 11.5 Å². The summed E-state index contributed by atoms with van der Waals surface area (Å²) >= 11 is 0. The van der Waals surface area contributed by atoms with Gasteiger partial charge in [0.1, 0.15) is 12.4 Å². The number of amides is 1. The van der Waals surface area contributed by atoms with E-state index >= 15 is 0 Å². The summed E-state index contributed by atoms with van der Waals surface area (Å²) in [6.07, 6.45) is 2.89. The van der Waals surface area contributed by atoms with Crippen molar-refractivity contribution in [2.75, 3.05) is 6.61 Å². The second-order valence-corrected chi connectivity index (χ2v) is 4.79. The fraction of sp³-hybridized carbons (Fsp3) is 0.167. The first-order valence-electron chi connectivity index (χ1n) is 7.20. The summed E-state index contributed by atoms with van der Waals surface area (Å²) in [5, 5.41) is 0. The predicted octanol–water partition coefficient (Wildman–Crippen LogP) is 3.30. The lowest BCUT2D eigenvalue weighted by Gasteiger charge is -2.12. The maximum atomic E-state index is 12.9. The van der Waals surface area contributed by atoms with Crippen molar-refractivity contribution in [2.24, 2.45) is 5.73 Å². The second-order valence-electron chi connectivity index (χ2n) is 4.79. The highest BCUT2D eigenvalue weighted by Crippen LogP contribution is 2.29. The minimum Gasteiger partial charge on any atom is -0.490 e. The van der Waals surface area contributed by atoms with Gasteiger partial charge in [-0.25, -0.2) is 4.39 Å². The zero-order valence-corrected chi connectivity index (χ0v) is 12.8. The molecule has 4 nitrogen and oxygen atoms in total. The van der Waals surface area contributed by atoms with Crippen molar-refractivity contribution in [3.8, 4) is 11.5 Å². The van der Waals surface area contributed by atoms with Crippen LogP contribution >= 0.6 is 0 Å². The molecule has 2 rings (SSSR count). The lowest BCUT2D eigenvalue weighted by Crippen LogP contribution is -2.05. The summed E-state index contributed by atoms with van der Waals surface area (Å²) in [5.41, 5.74) is 6.71. The normalized spacial score (nSPS) is 10.7. The summed E-state index contributed by atoms with van der Waals surface area (Å²) in [7, 11) is 0. The van der Waals surface area contributed by atoms with Crippen LogP contribution in [0.3, 0.4) is 0 Å². The zero-order chi connectivity index (χ0) is 16.7. The number of halogens is 1. The Kier molecular flexibility index (Phi) is 5.74. The topological polar surface area (TPSA) is 61.5 Å². The number of hydrogen-bond acceptors (Lipinski definition) is 3. The SMILES string of the molecule is CCOc1cc(/C=C/C(N)=O)ccc1OCc1ccc(F)cc1. The number of nitrogens with two attached hydrogens (primary N) is 1. The summed E-state index contributed by atoms with van der Waals surface area (Å²) in [6, 6.07) is 11.4. The first kappa shape index (κ1) is 16.5. The molecule has 0 heterocycles. The number of primary amides is 1. The van der Waals surface area contributed by atoms with Crippen LogP contribution in [-0.2, 0) is 11.4 Å². The van der Waals surface area contributed by atoms with E-state index in [-0.39, 0.29) is 5.82 Å². The van der Waals surface area contributed by atoms with Crippen LogP contribution in [0, 0.1) is 5.82 Å². The molecule has 0 aliphatic heterocycles. The van der Waals surface area contributed by atoms with Crippen LogP contribution < -0.4 is 15.2 Å². The molecule has 0 aliphatic rings. The number of carbonyl (C=O) groups excluding carboxylic acids is 1. The lowest BCUT2D eigenvalue weighted by atomic mass is 10.2. The largest absolute Gasteiger partial charge is 0.490 e. The Balaban J connectivity index is 2.13. The minimum atomic E-state index is -0.514. The quantitative estimate of drug-likeness (QED) is 0.797. The molecular weight excluding hydrogens is 297 g/mol. The molecular formula is C18H18FNO3. The smallest absolute Gasteiger partial charge is 0.241 e. The van der Waals surface area contributed by atoms with E-state index in [1.165, 1.54) is 18.2 Å². The van der Waals surface area contributed by atoms with Crippen LogP contribution in [0.5, 0.6) is 11.5 Å². The van der Waals surface area contributed by atoms with E-state index in [0.717, 1.165) is 11.1 Å². The first-order chi connectivity index (χ1) is 11.1. The third-order valence-electron chi connectivity index (χ3n) is 3.02. The highest BCUT2D eigenvalue weighted by Gasteiger charge is 2.06. The van der Waals surface area contributed by atoms with Crippen molar-refractivity contribution >= 4 is 12.0 Å². The Morgan fingerprint density at radius 3 is 2.52 bits per heavy atom. The Morgan fingerprint density at radius 1 is 1.13 bits per heavy atom. The maximum absolute atomic E-state index is 12.9. The number of ether oxygens (including phenoxy) is 2. The van der Waals surface area contributed by atoms with Gasteiger partial charge in [-0.05, 0) is 48.4 Å². The molecule has 23 heavy (non-hydrogen) atoms. The number of hydrogen-bond donors (Lipinski definition) is 1. The van der Waals surface area contributed by atoms with Gasteiger partial charge in [-0.15, -0.1) is 0 Å². The molecule has 0 fully saturated rings. The molecule has 0 atom stereocenters. The lowest BCUT2D eigenvalue weighted by molar-refractivity contribution is -0.113. The van der Waals surface area contributed by atoms with Gasteiger partial charge in [-0.3, -0.25) is 4.79 Å². The van der Waals surface area contributed by atoms with Crippen LogP contribution in [0.25, 0.3) is 6.08 Å². The highest BCUT2D eigenvalue weighted by molar-refractivity contribution is 5.90. The molecule has 1 amide bonds. The fourth-order valence-corrected chi connectivity index (χ4v) is 1.94. The second kappa shape index (κ2) is 7.98. The van der Waals surface area contributed by atoms with E-state index in [2.05, 4.69) is 0 Å². The third kappa shape index (κ3) is 5.14. The Labute approximate surface area is 134 Å². The van der Waals surface area contributed by atoms with Gasteiger partial charge in [-0.2, -0.15) is 0 Å². The average molecular weight is 315 g/mol. The van der Waals surface area contributed by atoms with Crippen molar-refractivity contribution in [3.63, 3.8) is 0 Å². The Bertz CT molecular complexity index is 696. The van der Waals surface area contributed by atoms with E-state index in [1.807, 2.05) is 6.92 Å². The third-order valence-corrected chi connectivity index (χ3v) is 3.02. The van der Waals surface area contributed by atoms with Gasteiger partial charge in [-0.1, -0.05) is 18.2 Å². The van der Waals surface area contributed by atoms with Gasteiger partial charge in [0.2, 0.25) is 5.91 Å². The van der Waals surface area contributed by atoms with E-state index in [9.17, 15) is 9.18 Å². The number of carbonyl (C=O) groups is 1. The average Bonchev–Trinajstić information content (AvgIpc) is 2.54. The predicted molar refractivity (Wildman–Crippen MR) is 86.6 cm³/mol. The molecule has 0 radical (unpaired) electrons. The fourth-order valence-electron chi connectivity index (χ4n) is 1.94. The molecule has 0 aromatic heterocycles. The summed E-state index contributed by atoms with van der Waals surface area (Å²) in [6.45, 7) is 2.66. The van der Waals surface area contributed by atoms with Crippen LogP contribution in [-0.4, -0.2) is 12.5 Å².